The SMILES string of the molecule is CNC(CC(=O)O)Cc1ccc(N(C)C)cc1. The van der Waals surface area contributed by atoms with Gasteiger partial charge in [-0.1, -0.05) is 12.1 Å². The van der Waals surface area contributed by atoms with Gasteiger partial charge in [0.1, 0.15) is 0 Å². The maximum Gasteiger partial charge on any atom is 0.304 e. The Hall–Kier alpha value is -1.55. The molecule has 1 unspecified atom stereocenters. The lowest BCUT2D eigenvalue weighted by molar-refractivity contribution is -0.137. The van der Waals surface area contributed by atoms with Crippen molar-refractivity contribution in [1.82, 2.24) is 5.32 Å². The molecule has 0 aliphatic rings. The number of nitrogens with zero attached hydrogens (tertiary/aromatic N) is 1. The first-order chi connectivity index (χ1) is 8.02. The van der Waals surface area contributed by atoms with Crippen molar-refractivity contribution in [2.45, 2.75) is 18.9 Å². The number of carbonyl (C=O) groups is 1. The van der Waals surface area contributed by atoms with E-state index in [1.54, 1.807) is 7.05 Å². The molecule has 94 valence electrons. The lowest BCUT2D eigenvalue weighted by atomic mass is 10.0. The molecule has 0 aromatic heterocycles. The fourth-order valence-electron chi connectivity index (χ4n) is 1.70. The number of carboxylic acids is 1. The smallest absolute Gasteiger partial charge is 0.304 e. The van der Waals surface area contributed by atoms with E-state index in [0.717, 1.165) is 17.7 Å². The Morgan fingerprint density at radius 1 is 1.35 bits per heavy atom. The van der Waals surface area contributed by atoms with E-state index in [1.165, 1.54) is 0 Å². The van der Waals surface area contributed by atoms with Gasteiger partial charge in [0.25, 0.3) is 0 Å². The van der Waals surface area contributed by atoms with Crippen LogP contribution in [0.4, 0.5) is 5.69 Å². The van der Waals surface area contributed by atoms with Crippen LogP contribution in [-0.2, 0) is 11.2 Å². The molecule has 2 N–H and O–H groups in total. The van der Waals surface area contributed by atoms with Crippen LogP contribution in [0.1, 0.15) is 12.0 Å². The van der Waals surface area contributed by atoms with Gasteiger partial charge >= 0.3 is 5.97 Å². The lowest BCUT2D eigenvalue weighted by Crippen LogP contribution is -2.30. The Labute approximate surface area is 102 Å². The van der Waals surface area contributed by atoms with Crippen molar-refractivity contribution in [2.75, 3.05) is 26.0 Å². The molecule has 0 fully saturated rings. The average molecular weight is 236 g/mol. The summed E-state index contributed by atoms with van der Waals surface area (Å²) in [5.74, 6) is -0.769. The molecule has 4 nitrogen and oxygen atoms in total. The van der Waals surface area contributed by atoms with Gasteiger partial charge in [-0.05, 0) is 31.2 Å². The van der Waals surface area contributed by atoms with Crippen LogP contribution < -0.4 is 10.2 Å². The Morgan fingerprint density at radius 3 is 2.35 bits per heavy atom. The Kier molecular flexibility index (Phi) is 4.97. The highest BCUT2D eigenvalue weighted by Gasteiger charge is 2.11. The molecule has 1 aromatic carbocycles. The third-order valence-corrected chi connectivity index (χ3v) is 2.76. The quantitative estimate of drug-likeness (QED) is 0.783. The number of anilines is 1. The second kappa shape index (κ2) is 6.25. The van der Waals surface area contributed by atoms with E-state index in [0.29, 0.717) is 0 Å². The second-order valence-electron chi connectivity index (χ2n) is 4.35. The van der Waals surface area contributed by atoms with E-state index in [-0.39, 0.29) is 12.5 Å². The number of hydrogen-bond donors (Lipinski definition) is 2. The summed E-state index contributed by atoms with van der Waals surface area (Å²) in [4.78, 5) is 12.7. The molecule has 0 saturated heterocycles. The molecule has 0 aliphatic carbocycles. The highest BCUT2D eigenvalue weighted by atomic mass is 16.4. The highest BCUT2D eigenvalue weighted by molar-refractivity contribution is 5.67. The molecule has 0 saturated carbocycles. The largest absolute Gasteiger partial charge is 0.481 e. The zero-order chi connectivity index (χ0) is 12.8. The van der Waals surface area contributed by atoms with Gasteiger partial charge in [0.2, 0.25) is 0 Å². The normalized spacial score (nSPS) is 12.2. The number of hydrogen-bond acceptors (Lipinski definition) is 3. The molecule has 0 heterocycles. The molecule has 0 aliphatic heterocycles. The zero-order valence-electron chi connectivity index (χ0n) is 10.6. The summed E-state index contributed by atoms with van der Waals surface area (Å²) in [5, 5.41) is 11.8. The molecular weight excluding hydrogens is 216 g/mol. The number of likely N-dealkylation sites (N-methyl/N-ethyl adjacent to an activating group) is 1. The molecule has 0 amide bonds. The minimum atomic E-state index is -0.769. The van der Waals surface area contributed by atoms with Crippen molar-refractivity contribution in [2.24, 2.45) is 0 Å². The summed E-state index contributed by atoms with van der Waals surface area (Å²) < 4.78 is 0. The van der Waals surface area contributed by atoms with Gasteiger partial charge in [0, 0.05) is 25.8 Å². The number of aliphatic carboxylic acids is 1. The second-order valence-corrected chi connectivity index (χ2v) is 4.35. The van der Waals surface area contributed by atoms with Gasteiger partial charge in [-0.3, -0.25) is 4.79 Å². The standard InChI is InChI=1S/C13H20N2O2/c1-14-11(9-13(16)17)8-10-4-6-12(7-5-10)15(2)3/h4-7,11,14H,8-9H2,1-3H3,(H,16,17). The van der Waals surface area contributed by atoms with Gasteiger partial charge in [-0.2, -0.15) is 0 Å². The number of carboxylic acid groups (broad SMARTS) is 1. The van der Waals surface area contributed by atoms with Crippen molar-refractivity contribution in [1.29, 1.82) is 0 Å². The van der Waals surface area contributed by atoms with Crippen LogP contribution in [0, 0.1) is 0 Å². The minimum absolute atomic E-state index is 0.0160. The van der Waals surface area contributed by atoms with E-state index in [2.05, 4.69) is 5.32 Å². The summed E-state index contributed by atoms with van der Waals surface area (Å²) in [6, 6.07) is 8.16. The van der Waals surface area contributed by atoms with Crippen molar-refractivity contribution in [3.05, 3.63) is 29.8 Å². The molecule has 17 heavy (non-hydrogen) atoms. The maximum atomic E-state index is 10.7. The predicted molar refractivity (Wildman–Crippen MR) is 69.6 cm³/mol. The van der Waals surface area contributed by atoms with Crippen molar-refractivity contribution >= 4 is 11.7 Å². The van der Waals surface area contributed by atoms with E-state index in [9.17, 15) is 4.79 Å². The average Bonchev–Trinajstić information content (AvgIpc) is 2.28. The fourth-order valence-corrected chi connectivity index (χ4v) is 1.70. The molecule has 0 bridgehead atoms. The van der Waals surface area contributed by atoms with Gasteiger partial charge in [0.15, 0.2) is 0 Å². The van der Waals surface area contributed by atoms with E-state index >= 15 is 0 Å². The summed E-state index contributed by atoms with van der Waals surface area (Å²) in [6.45, 7) is 0. The molecule has 0 radical (unpaired) electrons. The van der Waals surface area contributed by atoms with Crippen LogP contribution >= 0.6 is 0 Å². The van der Waals surface area contributed by atoms with Crippen molar-refractivity contribution < 1.29 is 9.90 Å². The fraction of sp³-hybridized carbons (Fsp3) is 0.462. The molecule has 1 atom stereocenters. The van der Waals surface area contributed by atoms with Gasteiger partial charge < -0.3 is 15.3 Å². The maximum absolute atomic E-state index is 10.7. The van der Waals surface area contributed by atoms with Gasteiger partial charge in [-0.25, -0.2) is 0 Å². The molecular formula is C13H20N2O2. The highest BCUT2D eigenvalue weighted by Crippen LogP contribution is 2.14. The summed E-state index contributed by atoms with van der Waals surface area (Å²) in [7, 11) is 5.79. The topological polar surface area (TPSA) is 52.6 Å². The predicted octanol–water partition coefficient (Wildman–Crippen LogP) is 1.36. The Bertz CT molecular complexity index is 360. The van der Waals surface area contributed by atoms with E-state index in [4.69, 9.17) is 5.11 Å². The first-order valence-corrected chi connectivity index (χ1v) is 5.68. The molecule has 0 spiro atoms. The monoisotopic (exact) mass is 236 g/mol. The third-order valence-electron chi connectivity index (χ3n) is 2.76. The summed E-state index contributed by atoms with van der Waals surface area (Å²) in [5.41, 5.74) is 2.30. The van der Waals surface area contributed by atoms with Crippen LogP contribution in [0.25, 0.3) is 0 Å². The van der Waals surface area contributed by atoms with Crippen LogP contribution in [0.15, 0.2) is 24.3 Å². The zero-order valence-corrected chi connectivity index (χ0v) is 10.6. The first kappa shape index (κ1) is 13.5. The van der Waals surface area contributed by atoms with Crippen LogP contribution in [0.2, 0.25) is 0 Å². The van der Waals surface area contributed by atoms with Crippen molar-refractivity contribution in [3.63, 3.8) is 0 Å². The van der Waals surface area contributed by atoms with Gasteiger partial charge in [-0.15, -0.1) is 0 Å². The Morgan fingerprint density at radius 2 is 1.94 bits per heavy atom. The molecule has 1 aromatic rings. The van der Waals surface area contributed by atoms with E-state index < -0.39 is 5.97 Å². The molecule has 1 rings (SSSR count). The Balaban J connectivity index is 2.64. The summed E-state index contributed by atoms with van der Waals surface area (Å²) in [6.07, 6.45) is 0.877. The van der Waals surface area contributed by atoms with Crippen molar-refractivity contribution in [3.8, 4) is 0 Å². The van der Waals surface area contributed by atoms with Crippen LogP contribution in [0.3, 0.4) is 0 Å². The van der Waals surface area contributed by atoms with E-state index in [1.807, 2.05) is 43.3 Å². The number of benzene rings is 1. The minimum Gasteiger partial charge on any atom is -0.481 e. The number of rotatable bonds is 6. The van der Waals surface area contributed by atoms with Crippen LogP contribution in [-0.4, -0.2) is 38.3 Å². The summed E-state index contributed by atoms with van der Waals surface area (Å²) >= 11 is 0. The molecule has 4 heteroatoms. The first-order valence-electron chi connectivity index (χ1n) is 5.68. The third kappa shape index (κ3) is 4.44. The number of nitrogens with one attached hydrogen (secondary N) is 1. The van der Waals surface area contributed by atoms with Crippen LogP contribution in [0.5, 0.6) is 0 Å². The van der Waals surface area contributed by atoms with Gasteiger partial charge in [0.05, 0.1) is 6.42 Å². The lowest BCUT2D eigenvalue weighted by Gasteiger charge is -2.16.